The Hall–Kier alpha value is -0.410. The van der Waals surface area contributed by atoms with Crippen LogP contribution in [0.5, 0.6) is 0 Å². The molecule has 1 spiro atoms. The molecule has 1 N–H and O–H groups in total. The molecular weight excluding hydrogens is 476 g/mol. The van der Waals surface area contributed by atoms with Gasteiger partial charge in [0.05, 0.1) is 6.61 Å². The van der Waals surface area contributed by atoms with Crippen LogP contribution in [0.3, 0.4) is 0 Å². The first-order valence-corrected chi connectivity index (χ1v) is 8.38. The fourth-order valence-electron chi connectivity index (χ4n) is 3.31. The Morgan fingerprint density at radius 2 is 2.26 bits per heavy atom. The van der Waals surface area contributed by atoms with Gasteiger partial charge in [-0.05, 0) is 36.6 Å². The molecule has 2 aliphatic heterocycles. The van der Waals surface area contributed by atoms with Gasteiger partial charge in [0.25, 0.3) is 0 Å². The Bertz CT molecular complexity index is 558. The number of nitrogens with one attached hydrogen (secondary N) is 1. The number of hydrogen-bond donors (Lipinski definition) is 1. The second-order valence-electron chi connectivity index (χ2n) is 6.15. The van der Waals surface area contributed by atoms with Crippen molar-refractivity contribution >= 4 is 45.9 Å². The second kappa shape index (κ2) is 8.11. The molecule has 0 saturated carbocycles. The van der Waals surface area contributed by atoms with Gasteiger partial charge in [0.1, 0.15) is 5.82 Å². The maximum atomic E-state index is 13.4. The van der Waals surface area contributed by atoms with E-state index >= 15 is 0 Å². The van der Waals surface area contributed by atoms with Crippen LogP contribution in [0.2, 0.25) is 0 Å². The first kappa shape index (κ1) is 18.9. The molecule has 2 fully saturated rings. The van der Waals surface area contributed by atoms with E-state index in [0.29, 0.717) is 12.0 Å². The molecule has 2 heterocycles. The monoisotopic (exact) mass is 497 g/mol. The third-order valence-corrected chi connectivity index (χ3v) is 4.97. The predicted molar refractivity (Wildman–Crippen MR) is 104 cm³/mol. The molecule has 0 radical (unpaired) electrons. The number of rotatable bonds is 2. The zero-order valence-electron chi connectivity index (χ0n) is 13.1. The normalized spacial score (nSPS) is 24.1. The van der Waals surface area contributed by atoms with Crippen molar-refractivity contribution in [3.63, 3.8) is 0 Å². The van der Waals surface area contributed by atoms with Gasteiger partial charge >= 0.3 is 0 Å². The SMILES string of the molecule is CN=C(NCc1cc(F)cc(Br)c1)N1CCC2(CCOC2)C1.I. The van der Waals surface area contributed by atoms with Crippen molar-refractivity contribution in [3.05, 3.63) is 34.1 Å². The summed E-state index contributed by atoms with van der Waals surface area (Å²) in [4.78, 5) is 6.65. The van der Waals surface area contributed by atoms with Crippen molar-refractivity contribution in [2.45, 2.75) is 19.4 Å². The van der Waals surface area contributed by atoms with Crippen molar-refractivity contribution in [1.82, 2.24) is 10.2 Å². The first-order chi connectivity index (χ1) is 10.6. The number of halogens is 3. The molecule has 0 bridgehead atoms. The Morgan fingerprint density at radius 3 is 2.91 bits per heavy atom. The zero-order valence-corrected chi connectivity index (χ0v) is 17.1. The lowest BCUT2D eigenvalue weighted by atomic mass is 9.87. The van der Waals surface area contributed by atoms with E-state index in [4.69, 9.17) is 4.74 Å². The smallest absolute Gasteiger partial charge is 0.193 e. The molecule has 0 aliphatic carbocycles. The molecule has 0 amide bonds. The third-order valence-electron chi connectivity index (χ3n) is 4.51. The predicted octanol–water partition coefficient (Wildman–Crippen LogP) is 3.39. The summed E-state index contributed by atoms with van der Waals surface area (Å²) in [5.74, 6) is 0.647. The summed E-state index contributed by atoms with van der Waals surface area (Å²) in [5, 5.41) is 3.34. The van der Waals surface area contributed by atoms with E-state index in [1.807, 2.05) is 6.07 Å². The summed E-state index contributed by atoms with van der Waals surface area (Å²) >= 11 is 3.32. The van der Waals surface area contributed by atoms with E-state index in [9.17, 15) is 4.39 Å². The third kappa shape index (κ3) is 4.57. The fourth-order valence-corrected chi connectivity index (χ4v) is 3.83. The topological polar surface area (TPSA) is 36.9 Å². The summed E-state index contributed by atoms with van der Waals surface area (Å²) in [5.41, 5.74) is 1.20. The number of nitrogens with zero attached hydrogens (tertiary/aromatic N) is 2. The van der Waals surface area contributed by atoms with E-state index in [2.05, 4.69) is 31.1 Å². The minimum atomic E-state index is -0.232. The quantitative estimate of drug-likeness (QED) is 0.386. The van der Waals surface area contributed by atoms with Gasteiger partial charge in [-0.25, -0.2) is 4.39 Å². The van der Waals surface area contributed by atoms with Crippen molar-refractivity contribution in [3.8, 4) is 0 Å². The van der Waals surface area contributed by atoms with E-state index in [1.165, 1.54) is 6.07 Å². The average Bonchev–Trinajstić information content (AvgIpc) is 3.10. The molecule has 1 unspecified atom stereocenters. The lowest BCUT2D eigenvalue weighted by Gasteiger charge is -2.25. The molecule has 1 aromatic carbocycles. The van der Waals surface area contributed by atoms with Crippen LogP contribution in [0.15, 0.2) is 27.7 Å². The van der Waals surface area contributed by atoms with E-state index in [-0.39, 0.29) is 29.8 Å². The lowest BCUT2D eigenvalue weighted by molar-refractivity contribution is 0.156. The highest BCUT2D eigenvalue weighted by molar-refractivity contribution is 14.0. The minimum absolute atomic E-state index is 0. The van der Waals surface area contributed by atoms with Crippen molar-refractivity contribution in [2.24, 2.45) is 10.4 Å². The largest absolute Gasteiger partial charge is 0.381 e. The zero-order chi connectivity index (χ0) is 15.6. The van der Waals surface area contributed by atoms with Crippen molar-refractivity contribution in [1.29, 1.82) is 0 Å². The Kier molecular flexibility index (Phi) is 6.67. The summed E-state index contributed by atoms with van der Waals surface area (Å²) < 4.78 is 19.7. The molecule has 2 saturated heterocycles. The molecule has 4 nitrogen and oxygen atoms in total. The maximum Gasteiger partial charge on any atom is 0.193 e. The van der Waals surface area contributed by atoms with Gasteiger partial charge in [-0.1, -0.05) is 15.9 Å². The summed E-state index contributed by atoms with van der Waals surface area (Å²) in [7, 11) is 1.79. The molecule has 0 aromatic heterocycles. The van der Waals surface area contributed by atoms with Gasteiger partial charge in [0.15, 0.2) is 5.96 Å². The Balaban J connectivity index is 0.00000192. The maximum absolute atomic E-state index is 13.4. The molecule has 1 aromatic rings. The standard InChI is InChI=1S/C16H21BrFN3O.HI/c1-19-15(20-9-12-6-13(17)8-14(18)7-12)21-4-2-16(10-21)3-5-22-11-16;/h6-8H,2-5,9-11H2,1H3,(H,19,20);1H. The number of hydrogen-bond acceptors (Lipinski definition) is 2. The molecule has 3 rings (SSSR count). The number of guanidine groups is 1. The molecule has 2 aliphatic rings. The molecule has 1 atom stereocenters. The van der Waals surface area contributed by atoms with Gasteiger partial charge in [0, 0.05) is 43.2 Å². The molecule has 23 heavy (non-hydrogen) atoms. The highest BCUT2D eigenvalue weighted by Crippen LogP contribution is 2.38. The highest BCUT2D eigenvalue weighted by Gasteiger charge is 2.42. The second-order valence-corrected chi connectivity index (χ2v) is 7.07. The first-order valence-electron chi connectivity index (χ1n) is 7.59. The number of ether oxygens (including phenoxy) is 1. The summed E-state index contributed by atoms with van der Waals surface area (Å²) in [6, 6.07) is 4.92. The molecular formula is C16H22BrFIN3O. The van der Waals surface area contributed by atoms with Gasteiger partial charge < -0.3 is 15.0 Å². The lowest BCUT2D eigenvalue weighted by Crippen LogP contribution is -2.41. The van der Waals surface area contributed by atoms with Gasteiger partial charge in [-0.15, -0.1) is 24.0 Å². The van der Waals surface area contributed by atoms with Crippen LogP contribution >= 0.6 is 39.9 Å². The molecule has 128 valence electrons. The van der Waals surface area contributed by atoms with Crippen LogP contribution in [-0.4, -0.2) is 44.2 Å². The average molecular weight is 498 g/mol. The van der Waals surface area contributed by atoms with Crippen LogP contribution in [0, 0.1) is 11.2 Å². The van der Waals surface area contributed by atoms with Crippen LogP contribution in [0.4, 0.5) is 4.39 Å². The minimum Gasteiger partial charge on any atom is -0.381 e. The van der Waals surface area contributed by atoms with Gasteiger partial charge in [-0.2, -0.15) is 0 Å². The van der Waals surface area contributed by atoms with Crippen LogP contribution in [0.25, 0.3) is 0 Å². The summed E-state index contributed by atoms with van der Waals surface area (Å²) in [6.07, 6.45) is 2.29. The van der Waals surface area contributed by atoms with E-state index in [0.717, 1.165) is 55.1 Å². The Morgan fingerprint density at radius 1 is 1.43 bits per heavy atom. The molecule has 7 heteroatoms. The fraction of sp³-hybridized carbons (Fsp3) is 0.562. The number of benzene rings is 1. The van der Waals surface area contributed by atoms with Gasteiger partial charge in [-0.3, -0.25) is 4.99 Å². The van der Waals surface area contributed by atoms with Crippen LogP contribution < -0.4 is 5.32 Å². The van der Waals surface area contributed by atoms with Crippen LogP contribution in [-0.2, 0) is 11.3 Å². The number of aliphatic imine (C=N–C) groups is 1. The Labute approximate surface area is 162 Å². The van der Waals surface area contributed by atoms with Crippen molar-refractivity contribution < 1.29 is 9.13 Å². The summed E-state index contributed by atoms with van der Waals surface area (Å²) in [6.45, 7) is 4.27. The highest BCUT2D eigenvalue weighted by atomic mass is 127. The van der Waals surface area contributed by atoms with E-state index in [1.54, 1.807) is 13.1 Å². The van der Waals surface area contributed by atoms with Gasteiger partial charge in [0.2, 0.25) is 0 Å². The van der Waals surface area contributed by atoms with E-state index < -0.39 is 0 Å². The number of likely N-dealkylation sites (tertiary alicyclic amines) is 1. The van der Waals surface area contributed by atoms with Crippen LogP contribution in [0.1, 0.15) is 18.4 Å². The van der Waals surface area contributed by atoms with Crippen molar-refractivity contribution in [2.75, 3.05) is 33.4 Å².